The van der Waals surface area contributed by atoms with E-state index in [1.165, 1.54) is 5.56 Å². The fourth-order valence-corrected chi connectivity index (χ4v) is 5.94. The van der Waals surface area contributed by atoms with E-state index in [0.29, 0.717) is 23.5 Å². The second kappa shape index (κ2) is 12.6. The average Bonchev–Trinajstić information content (AvgIpc) is 3.48. The molecule has 7 rings (SSSR count). The summed E-state index contributed by atoms with van der Waals surface area (Å²) in [4.78, 5) is 25.1. The van der Waals surface area contributed by atoms with Gasteiger partial charge >= 0.3 is 0 Å². The summed E-state index contributed by atoms with van der Waals surface area (Å²) in [6, 6.07) is 28.3. The van der Waals surface area contributed by atoms with Crippen molar-refractivity contribution in [2.75, 3.05) is 31.2 Å². The summed E-state index contributed by atoms with van der Waals surface area (Å²) in [5.74, 6) is 2.72. The number of nitrogens with zero attached hydrogens (tertiary/aromatic N) is 8. The summed E-state index contributed by atoms with van der Waals surface area (Å²) in [6.45, 7) is 2.77. The lowest BCUT2D eigenvalue weighted by atomic mass is 10.0. The van der Waals surface area contributed by atoms with E-state index in [1.807, 2.05) is 59.2 Å². The third-order valence-corrected chi connectivity index (χ3v) is 8.26. The number of nitriles is 1. The monoisotopic (exact) mass is 608 g/mol. The van der Waals surface area contributed by atoms with E-state index < -0.39 is 0 Å². The van der Waals surface area contributed by atoms with Gasteiger partial charge in [-0.1, -0.05) is 24.3 Å². The molecule has 0 aliphatic carbocycles. The van der Waals surface area contributed by atoms with Crippen LogP contribution in [0.1, 0.15) is 24.2 Å². The largest absolute Gasteiger partial charge is 0.496 e. The normalized spacial score (nSPS) is 13.8. The highest BCUT2D eigenvalue weighted by atomic mass is 16.5. The molecule has 11 nitrogen and oxygen atoms in total. The van der Waals surface area contributed by atoms with Crippen LogP contribution in [0.2, 0.25) is 0 Å². The van der Waals surface area contributed by atoms with Gasteiger partial charge in [0, 0.05) is 49.3 Å². The Morgan fingerprint density at radius 3 is 2.48 bits per heavy atom. The van der Waals surface area contributed by atoms with Gasteiger partial charge in [0.15, 0.2) is 11.5 Å². The molecule has 0 spiro atoms. The van der Waals surface area contributed by atoms with Crippen molar-refractivity contribution < 1.29 is 4.74 Å². The molecule has 3 N–H and O–H groups in total. The van der Waals surface area contributed by atoms with Gasteiger partial charge in [-0.2, -0.15) is 5.26 Å². The third-order valence-electron chi connectivity index (χ3n) is 8.26. The Bertz CT molecular complexity index is 2040. The number of ether oxygens (including phenoxy) is 1. The van der Waals surface area contributed by atoms with Gasteiger partial charge in [0.05, 0.1) is 18.4 Å². The number of pyridine rings is 2. The number of rotatable bonds is 8. The summed E-state index contributed by atoms with van der Waals surface area (Å²) in [7, 11) is 1.66. The molecule has 11 heteroatoms. The first-order valence-corrected chi connectivity index (χ1v) is 15.1. The Balaban J connectivity index is 1.15. The summed E-state index contributed by atoms with van der Waals surface area (Å²) in [5, 5.41) is 12.5. The highest BCUT2D eigenvalue weighted by molar-refractivity contribution is 5.85. The van der Waals surface area contributed by atoms with Gasteiger partial charge in [-0.3, -0.25) is 9.47 Å². The maximum absolute atomic E-state index is 9.08. The fraction of sp³-hybridized carbons (Fsp3) is 0.200. The molecule has 1 saturated heterocycles. The van der Waals surface area contributed by atoms with Crippen molar-refractivity contribution in [3.8, 4) is 40.2 Å². The molecule has 5 heterocycles. The van der Waals surface area contributed by atoms with Crippen molar-refractivity contribution in [2.45, 2.75) is 25.4 Å². The van der Waals surface area contributed by atoms with Crippen LogP contribution in [0.15, 0.2) is 91.3 Å². The minimum Gasteiger partial charge on any atom is -0.496 e. The van der Waals surface area contributed by atoms with Crippen LogP contribution in [0.25, 0.3) is 39.5 Å². The number of imidazole rings is 1. The van der Waals surface area contributed by atoms with Crippen molar-refractivity contribution in [1.82, 2.24) is 34.4 Å². The molecular formula is C35H32N10O. The smallest absolute Gasteiger partial charge is 0.234 e. The summed E-state index contributed by atoms with van der Waals surface area (Å²) < 4.78 is 7.67. The molecule has 4 aromatic heterocycles. The lowest BCUT2D eigenvalue weighted by Gasteiger charge is -2.32. The summed E-state index contributed by atoms with van der Waals surface area (Å²) in [6.07, 6.45) is 5.27. The van der Waals surface area contributed by atoms with Crippen molar-refractivity contribution in [2.24, 2.45) is 0 Å². The minimum absolute atomic E-state index is 0.179. The lowest BCUT2D eigenvalue weighted by Crippen LogP contribution is -2.38. The first-order chi connectivity index (χ1) is 22.6. The summed E-state index contributed by atoms with van der Waals surface area (Å²) >= 11 is 0. The first-order valence-electron chi connectivity index (χ1n) is 15.1. The topological polar surface area (TPSA) is 144 Å². The lowest BCUT2D eigenvalue weighted by molar-refractivity contribution is 0.211. The molecule has 46 heavy (non-hydrogen) atoms. The highest BCUT2D eigenvalue weighted by Crippen LogP contribution is 2.34. The Morgan fingerprint density at radius 1 is 0.891 bits per heavy atom. The number of likely N-dealkylation sites (tertiary alicyclic amines) is 1. The maximum atomic E-state index is 9.08. The molecular weight excluding hydrogens is 576 g/mol. The molecule has 228 valence electrons. The van der Waals surface area contributed by atoms with Gasteiger partial charge in [-0.25, -0.2) is 24.9 Å². The van der Waals surface area contributed by atoms with Gasteiger partial charge in [0.1, 0.15) is 29.0 Å². The van der Waals surface area contributed by atoms with Crippen molar-refractivity contribution in [3.63, 3.8) is 0 Å². The number of piperidine rings is 1. The van der Waals surface area contributed by atoms with Gasteiger partial charge in [0.25, 0.3) is 0 Å². The SMILES string of the molecule is COc1ccccc1-c1ccc2nc(-c3cccnc3N)n(-c3ccc(CN4CCC(Nc5ccnc(C#N)n5)CC4)cc3)c2n1. The molecule has 0 unspecified atom stereocenters. The second-order valence-electron chi connectivity index (χ2n) is 11.2. The number of nitrogens with two attached hydrogens (primary N) is 1. The molecule has 0 bridgehead atoms. The fourth-order valence-electron chi connectivity index (χ4n) is 5.94. The predicted molar refractivity (Wildman–Crippen MR) is 177 cm³/mol. The Morgan fingerprint density at radius 2 is 1.70 bits per heavy atom. The van der Waals surface area contributed by atoms with Crippen LogP contribution in [0.3, 0.4) is 0 Å². The number of hydrogen-bond donors (Lipinski definition) is 2. The third kappa shape index (κ3) is 5.81. The molecule has 0 amide bonds. The second-order valence-corrected chi connectivity index (χ2v) is 11.2. The Kier molecular flexibility index (Phi) is 7.93. The minimum atomic E-state index is 0.179. The number of benzene rings is 2. The number of hydrogen-bond acceptors (Lipinski definition) is 10. The van der Waals surface area contributed by atoms with Crippen LogP contribution in [-0.4, -0.2) is 60.6 Å². The number of anilines is 2. The number of para-hydroxylation sites is 1. The van der Waals surface area contributed by atoms with Crippen LogP contribution in [0.4, 0.5) is 11.6 Å². The van der Waals surface area contributed by atoms with Gasteiger partial charge in [0.2, 0.25) is 5.82 Å². The van der Waals surface area contributed by atoms with Crippen LogP contribution in [0.5, 0.6) is 5.75 Å². The van der Waals surface area contributed by atoms with E-state index in [1.54, 1.807) is 25.6 Å². The van der Waals surface area contributed by atoms with Gasteiger partial charge in [-0.15, -0.1) is 0 Å². The standard InChI is InChI=1S/C35H32N10O/c1-46-30-7-3-2-5-26(30)28-12-13-29-35(41-28)45(34(42-29)27-6-4-17-39-33(27)37)25-10-8-23(9-11-25)22-44-19-15-24(16-20-44)40-31-14-18-38-32(21-36)43-31/h2-14,17-18,24H,15-16,19-20,22H2,1H3,(H2,37,39)(H,38,40,43). The number of nitrogens with one attached hydrogen (secondary N) is 1. The maximum Gasteiger partial charge on any atom is 0.234 e. The molecule has 6 aromatic rings. The number of nitrogen functional groups attached to an aromatic ring is 1. The zero-order chi connectivity index (χ0) is 31.5. The zero-order valence-electron chi connectivity index (χ0n) is 25.3. The molecule has 0 radical (unpaired) electrons. The number of methoxy groups -OCH3 is 1. The quantitative estimate of drug-likeness (QED) is 0.228. The van der Waals surface area contributed by atoms with Crippen molar-refractivity contribution >= 4 is 22.8 Å². The van der Waals surface area contributed by atoms with E-state index in [2.05, 4.69) is 49.4 Å². The Labute approximate surface area is 266 Å². The number of fused-ring (bicyclic) bond motifs is 1. The van der Waals surface area contributed by atoms with Gasteiger partial charge in [-0.05, 0) is 73.0 Å². The molecule has 0 saturated carbocycles. The van der Waals surface area contributed by atoms with E-state index >= 15 is 0 Å². The zero-order valence-corrected chi connectivity index (χ0v) is 25.3. The van der Waals surface area contributed by atoms with Crippen LogP contribution < -0.4 is 15.8 Å². The van der Waals surface area contributed by atoms with E-state index in [0.717, 1.165) is 71.9 Å². The van der Waals surface area contributed by atoms with E-state index in [9.17, 15) is 0 Å². The predicted octanol–water partition coefficient (Wildman–Crippen LogP) is 5.48. The highest BCUT2D eigenvalue weighted by Gasteiger charge is 2.21. The number of aromatic nitrogens is 6. The van der Waals surface area contributed by atoms with Crippen LogP contribution >= 0.6 is 0 Å². The van der Waals surface area contributed by atoms with E-state index in [-0.39, 0.29) is 5.82 Å². The molecule has 1 fully saturated rings. The molecule has 2 aromatic carbocycles. The average molecular weight is 609 g/mol. The molecule has 0 atom stereocenters. The molecule has 1 aliphatic rings. The van der Waals surface area contributed by atoms with Crippen LogP contribution in [-0.2, 0) is 6.54 Å². The Hall–Kier alpha value is -5.86. The van der Waals surface area contributed by atoms with Crippen molar-refractivity contribution in [1.29, 1.82) is 5.26 Å². The van der Waals surface area contributed by atoms with E-state index in [4.69, 9.17) is 25.7 Å². The first kappa shape index (κ1) is 28.9. The van der Waals surface area contributed by atoms with Crippen molar-refractivity contribution in [3.05, 3.63) is 103 Å². The van der Waals surface area contributed by atoms with Gasteiger partial charge < -0.3 is 15.8 Å². The van der Waals surface area contributed by atoms with Crippen LogP contribution in [0, 0.1) is 11.3 Å². The molecule has 1 aliphatic heterocycles. The summed E-state index contributed by atoms with van der Waals surface area (Å²) in [5.41, 5.74) is 12.4.